The minimum Gasteiger partial charge on any atom is -0.395 e. The van der Waals surface area contributed by atoms with Crippen molar-refractivity contribution in [2.75, 3.05) is 11.9 Å². The van der Waals surface area contributed by atoms with Crippen LogP contribution in [0.5, 0.6) is 0 Å². The number of pyridine rings is 1. The van der Waals surface area contributed by atoms with E-state index in [9.17, 15) is 19.1 Å². The van der Waals surface area contributed by atoms with E-state index in [1.807, 2.05) is 26.8 Å². The highest BCUT2D eigenvalue weighted by Crippen LogP contribution is 2.25. The summed E-state index contributed by atoms with van der Waals surface area (Å²) in [5.74, 6) is -0.373. The summed E-state index contributed by atoms with van der Waals surface area (Å²) >= 11 is 0. The Labute approximate surface area is 202 Å². The lowest BCUT2D eigenvalue weighted by molar-refractivity contribution is 0.251. The maximum atomic E-state index is 13.9. The Balaban J connectivity index is 1.58. The van der Waals surface area contributed by atoms with E-state index in [1.165, 1.54) is 22.8 Å². The molecule has 9 heteroatoms. The molecule has 3 N–H and O–H groups in total. The first kappa shape index (κ1) is 24.2. The van der Waals surface area contributed by atoms with Crippen molar-refractivity contribution < 1.29 is 14.3 Å². The molecule has 0 aliphatic rings. The number of fused-ring (bicyclic) bond motifs is 1. The smallest absolute Gasteiger partial charge is 0.319 e. The number of nitrogens with zero attached hydrogens (tertiary/aromatic N) is 3. The maximum absolute atomic E-state index is 13.9. The van der Waals surface area contributed by atoms with Gasteiger partial charge in [0.2, 0.25) is 0 Å². The van der Waals surface area contributed by atoms with E-state index in [0.29, 0.717) is 28.0 Å². The largest absolute Gasteiger partial charge is 0.395 e. The molecular formula is C26H28FN5O3. The van der Waals surface area contributed by atoms with Crippen molar-refractivity contribution in [1.29, 1.82) is 0 Å². The molecule has 0 aliphatic heterocycles. The number of aromatic nitrogens is 3. The summed E-state index contributed by atoms with van der Waals surface area (Å²) in [4.78, 5) is 25.0. The van der Waals surface area contributed by atoms with Crippen molar-refractivity contribution >= 4 is 22.6 Å². The number of carbonyl (C=O) groups excluding carboxylic acids is 1. The molecule has 0 saturated carbocycles. The summed E-state index contributed by atoms with van der Waals surface area (Å²) in [5, 5.41) is 20.3. The Kier molecular flexibility index (Phi) is 6.70. The number of amides is 2. The number of carbonyl (C=O) groups is 1. The quantitative estimate of drug-likeness (QED) is 0.392. The van der Waals surface area contributed by atoms with E-state index >= 15 is 0 Å². The summed E-state index contributed by atoms with van der Waals surface area (Å²) in [7, 11) is 0. The fraction of sp³-hybridized carbons (Fsp3) is 0.269. The first-order chi connectivity index (χ1) is 16.7. The van der Waals surface area contributed by atoms with Crippen LogP contribution >= 0.6 is 0 Å². The molecule has 0 fully saturated rings. The Morgan fingerprint density at radius 3 is 2.57 bits per heavy atom. The van der Waals surface area contributed by atoms with E-state index < -0.39 is 6.03 Å². The van der Waals surface area contributed by atoms with Crippen LogP contribution in [0.2, 0.25) is 0 Å². The molecule has 8 nitrogen and oxygen atoms in total. The molecule has 0 saturated heterocycles. The standard InChI is InChI=1S/C26H28FN5O3/c1-26(2,3)23-15-19(32(30-23)18-7-4-6-17(27)14-18)16-28-25(35)29-21-8-5-9-22-20(21)10-11-24(34)31(22)12-13-33/h4-11,14-15,33H,12-13,16H2,1-3H3,(H2,28,29,35). The van der Waals surface area contributed by atoms with Gasteiger partial charge in [0, 0.05) is 23.4 Å². The number of aliphatic hydroxyl groups excluding tert-OH is 1. The Hall–Kier alpha value is -3.98. The highest BCUT2D eigenvalue weighted by Gasteiger charge is 2.21. The van der Waals surface area contributed by atoms with E-state index in [4.69, 9.17) is 0 Å². The van der Waals surface area contributed by atoms with Crippen molar-refractivity contribution in [2.45, 2.75) is 39.3 Å². The van der Waals surface area contributed by atoms with Gasteiger partial charge in [-0.3, -0.25) is 4.79 Å². The minimum atomic E-state index is -0.443. The van der Waals surface area contributed by atoms with Crippen LogP contribution in [-0.4, -0.2) is 32.1 Å². The van der Waals surface area contributed by atoms with Gasteiger partial charge in [-0.05, 0) is 42.5 Å². The van der Waals surface area contributed by atoms with Gasteiger partial charge in [-0.1, -0.05) is 32.9 Å². The third-order valence-corrected chi connectivity index (χ3v) is 5.64. The average molecular weight is 478 g/mol. The number of aliphatic hydroxyl groups is 1. The Morgan fingerprint density at radius 2 is 1.86 bits per heavy atom. The van der Waals surface area contributed by atoms with Gasteiger partial charge in [0.25, 0.3) is 5.56 Å². The molecule has 4 rings (SSSR count). The van der Waals surface area contributed by atoms with Crippen LogP contribution < -0.4 is 16.2 Å². The lowest BCUT2D eigenvalue weighted by Gasteiger charge is -2.14. The zero-order chi connectivity index (χ0) is 25.2. The van der Waals surface area contributed by atoms with Crippen molar-refractivity contribution in [3.8, 4) is 5.69 Å². The van der Waals surface area contributed by atoms with Crippen LogP contribution in [0.4, 0.5) is 14.9 Å². The molecule has 0 atom stereocenters. The van der Waals surface area contributed by atoms with Gasteiger partial charge in [-0.25, -0.2) is 13.9 Å². The second-order valence-electron chi connectivity index (χ2n) is 9.26. The summed E-state index contributed by atoms with van der Waals surface area (Å²) in [6.45, 7) is 6.24. The molecule has 0 radical (unpaired) electrons. The third kappa shape index (κ3) is 5.25. The van der Waals surface area contributed by atoms with Crippen molar-refractivity contribution in [1.82, 2.24) is 19.7 Å². The Morgan fingerprint density at radius 1 is 1.09 bits per heavy atom. The summed E-state index contributed by atoms with van der Waals surface area (Å²) in [6, 6.07) is 15.9. The number of hydrogen-bond acceptors (Lipinski definition) is 4. The molecule has 2 aromatic heterocycles. The van der Waals surface area contributed by atoms with Gasteiger partial charge in [-0.15, -0.1) is 0 Å². The fourth-order valence-corrected chi connectivity index (χ4v) is 3.85. The number of anilines is 1. The average Bonchev–Trinajstić information content (AvgIpc) is 3.25. The number of rotatable bonds is 6. The molecule has 2 heterocycles. The predicted octanol–water partition coefficient (Wildman–Crippen LogP) is 3.94. The highest BCUT2D eigenvalue weighted by molar-refractivity contribution is 6.00. The molecule has 0 aliphatic carbocycles. The zero-order valence-electron chi connectivity index (χ0n) is 19.9. The lowest BCUT2D eigenvalue weighted by Crippen LogP contribution is -2.29. The lowest BCUT2D eigenvalue weighted by atomic mass is 9.92. The van der Waals surface area contributed by atoms with Gasteiger partial charge < -0.3 is 20.3 Å². The van der Waals surface area contributed by atoms with Crippen LogP contribution in [-0.2, 0) is 18.5 Å². The zero-order valence-corrected chi connectivity index (χ0v) is 19.9. The van der Waals surface area contributed by atoms with Crippen molar-refractivity contribution in [3.05, 3.63) is 88.2 Å². The third-order valence-electron chi connectivity index (χ3n) is 5.64. The van der Waals surface area contributed by atoms with Gasteiger partial charge >= 0.3 is 6.03 Å². The molecule has 0 spiro atoms. The van der Waals surface area contributed by atoms with Crippen LogP contribution in [0.3, 0.4) is 0 Å². The van der Waals surface area contributed by atoms with Gasteiger partial charge in [0.05, 0.1) is 41.4 Å². The van der Waals surface area contributed by atoms with Crippen LogP contribution in [0.1, 0.15) is 32.2 Å². The second-order valence-corrected chi connectivity index (χ2v) is 9.26. The molecule has 4 aromatic rings. The molecular weight excluding hydrogens is 449 g/mol. The number of halogens is 1. The van der Waals surface area contributed by atoms with E-state index in [2.05, 4.69) is 15.7 Å². The number of hydrogen-bond donors (Lipinski definition) is 3. The van der Waals surface area contributed by atoms with E-state index in [-0.39, 0.29) is 36.5 Å². The molecule has 0 unspecified atom stereocenters. The van der Waals surface area contributed by atoms with Crippen LogP contribution in [0.25, 0.3) is 16.6 Å². The predicted molar refractivity (Wildman–Crippen MR) is 133 cm³/mol. The van der Waals surface area contributed by atoms with Gasteiger partial charge in [0.15, 0.2) is 0 Å². The Bertz CT molecular complexity index is 1440. The van der Waals surface area contributed by atoms with Gasteiger partial charge in [-0.2, -0.15) is 5.10 Å². The molecule has 2 aromatic carbocycles. The normalized spacial score (nSPS) is 11.6. The first-order valence-electron chi connectivity index (χ1n) is 11.3. The first-order valence-corrected chi connectivity index (χ1v) is 11.3. The molecule has 182 valence electrons. The van der Waals surface area contributed by atoms with Gasteiger partial charge in [0.1, 0.15) is 5.82 Å². The SMILES string of the molecule is CC(C)(C)c1cc(CNC(=O)Nc2cccc3c2ccc(=O)n3CCO)n(-c2cccc(F)c2)n1. The summed E-state index contributed by atoms with van der Waals surface area (Å²) in [5.41, 5.74) is 2.76. The number of benzene rings is 2. The molecule has 0 bridgehead atoms. The van der Waals surface area contributed by atoms with Crippen molar-refractivity contribution in [3.63, 3.8) is 0 Å². The van der Waals surface area contributed by atoms with E-state index in [0.717, 1.165) is 5.69 Å². The van der Waals surface area contributed by atoms with E-state index in [1.54, 1.807) is 41.1 Å². The summed E-state index contributed by atoms with van der Waals surface area (Å²) < 4.78 is 17.0. The van der Waals surface area contributed by atoms with Crippen LogP contribution in [0, 0.1) is 5.82 Å². The second kappa shape index (κ2) is 9.71. The van der Waals surface area contributed by atoms with Crippen LogP contribution in [0.15, 0.2) is 65.5 Å². The fourth-order valence-electron chi connectivity index (χ4n) is 3.85. The van der Waals surface area contributed by atoms with Crippen molar-refractivity contribution in [2.24, 2.45) is 0 Å². The molecule has 35 heavy (non-hydrogen) atoms. The monoisotopic (exact) mass is 477 g/mol. The topological polar surface area (TPSA) is 101 Å². The number of urea groups is 1. The molecule has 2 amide bonds. The summed E-state index contributed by atoms with van der Waals surface area (Å²) in [6.07, 6.45) is 0. The maximum Gasteiger partial charge on any atom is 0.319 e. The number of nitrogens with one attached hydrogen (secondary N) is 2. The highest BCUT2D eigenvalue weighted by atomic mass is 19.1. The minimum absolute atomic E-state index is 0.158.